The van der Waals surface area contributed by atoms with Gasteiger partial charge < -0.3 is 10.1 Å². The Labute approximate surface area is 126 Å². The number of amides is 1. The quantitative estimate of drug-likeness (QED) is 0.927. The van der Waals surface area contributed by atoms with E-state index in [2.05, 4.69) is 22.0 Å². The summed E-state index contributed by atoms with van der Waals surface area (Å²) >= 11 is 0. The topological polar surface area (TPSA) is 56.2 Å². The van der Waals surface area contributed by atoms with Gasteiger partial charge in [0, 0.05) is 30.8 Å². The third-order valence-electron chi connectivity index (χ3n) is 4.70. The summed E-state index contributed by atoms with van der Waals surface area (Å²) in [6.07, 6.45) is 6.42. The van der Waals surface area contributed by atoms with E-state index < -0.39 is 0 Å². The van der Waals surface area contributed by atoms with Crippen molar-refractivity contribution >= 4 is 5.91 Å². The van der Waals surface area contributed by atoms with Crippen LogP contribution in [0.3, 0.4) is 0 Å². The van der Waals surface area contributed by atoms with E-state index in [-0.39, 0.29) is 11.9 Å². The Morgan fingerprint density at radius 2 is 2.19 bits per heavy atom. The first-order valence-electron chi connectivity index (χ1n) is 8.10. The molecule has 21 heavy (non-hydrogen) atoms. The van der Waals surface area contributed by atoms with Crippen LogP contribution in [0.2, 0.25) is 0 Å². The van der Waals surface area contributed by atoms with Gasteiger partial charge in [0.15, 0.2) is 0 Å². The smallest absolute Gasteiger partial charge is 0.220 e. The van der Waals surface area contributed by atoms with Crippen molar-refractivity contribution in [3.05, 3.63) is 17.0 Å². The van der Waals surface area contributed by atoms with Gasteiger partial charge in [-0.25, -0.2) is 0 Å². The zero-order valence-corrected chi connectivity index (χ0v) is 13.0. The van der Waals surface area contributed by atoms with Gasteiger partial charge in [-0.1, -0.05) is 0 Å². The molecule has 116 valence electrons. The van der Waals surface area contributed by atoms with Crippen LogP contribution in [0.15, 0.2) is 0 Å². The van der Waals surface area contributed by atoms with Gasteiger partial charge in [-0.2, -0.15) is 5.10 Å². The van der Waals surface area contributed by atoms with Gasteiger partial charge in [0.2, 0.25) is 5.91 Å². The van der Waals surface area contributed by atoms with E-state index in [0.717, 1.165) is 38.1 Å². The molecule has 2 aliphatic heterocycles. The third kappa shape index (κ3) is 3.12. The molecular formula is C16H25N3O2. The molecule has 0 bridgehead atoms. The van der Waals surface area contributed by atoms with Crippen LogP contribution < -0.4 is 5.32 Å². The number of carbonyl (C=O) groups excluding carboxylic acids is 1. The molecule has 0 radical (unpaired) electrons. The molecule has 1 aromatic heterocycles. The molecule has 0 spiro atoms. The molecule has 1 aromatic rings. The van der Waals surface area contributed by atoms with Crippen LogP contribution in [0.25, 0.3) is 0 Å². The van der Waals surface area contributed by atoms with Crippen molar-refractivity contribution in [1.29, 1.82) is 0 Å². The van der Waals surface area contributed by atoms with Crippen LogP contribution in [-0.2, 0) is 16.1 Å². The maximum Gasteiger partial charge on any atom is 0.220 e. The number of aromatic nitrogens is 2. The Kier molecular flexibility index (Phi) is 4.29. The van der Waals surface area contributed by atoms with E-state index in [4.69, 9.17) is 4.74 Å². The Hall–Kier alpha value is -1.36. The van der Waals surface area contributed by atoms with E-state index in [1.807, 2.05) is 6.92 Å². The Morgan fingerprint density at radius 1 is 1.33 bits per heavy atom. The summed E-state index contributed by atoms with van der Waals surface area (Å²) in [6, 6.07) is 0.141. The molecule has 5 heteroatoms. The predicted octanol–water partition coefficient (Wildman–Crippen LogP) is 2.41. The largest absolute Gasteiger partial charge is 0.378 e. The van der Waals surface area contributed by atoms with E-state index in [1.54, 1.807) is 0 Å². The van der Waals surface area contributed by atoms with E-state index in [9.17, 15) is 4.79 Å². The molecule has 2 saturated heterocycles. The fourth-order valence-corrected chi connectivity index (χ4v) is 3.59. The number of rotatable bonds is 4. The lowest BCUT2D eigenvalue weighted by atomic mass is 9.96. The van der Waals surface area contributed by atoms with E-state index in [0.29, 0.717) is 12.5 Å². The maximum atomic E-state index is 11.6. The highest BCUT2D eigenvalue weighted by Crippen LogP contribution is 2.29. The first kappa shape index (κ1) is 14.6. The molecule has 2 aliphatic rings. The molecule has 3 rings (SSSR count). The fraction of sp³-hybridized carbons (Fsp3) is 0.750. The summed E-state index contributed by atoms with van der Waals surface area (Å²) in [4.78, 5) is 11.6. The van der Waals surface area contributed by atoms with Crippen LogP contribution in [0.1, 0.15) is 61.5 Å². The minimum atomic E-state index is 0.141. The monoisotopic (exact) mass is 291 g/mol. The molecule has 3 heterocycles. The average molecular weight is 291 g/mol. The maximum absolute atomic E-state index is 11.6. The lowest BCUT2D eigenvalue weighted by Gasteiger charge is -2.24. The number of aryl methyl sites for hydroxylation is 2. The summed E-state index contributed by atoms with van der Waals surface area (Å²) in [7, 11) is 0. The standard InChI is InChI=1S/C16H25N3O2/c1-11-16(14-6-3-7-15(20)17-14)12(2)19(18-11)9-8-13-5-4-10-21-13/h13-14H,3-10H2,1-2H3,(H,17,20)/t13-,14+/m0/s1. The number of piperidine rings is 1. The Morgan fingerprint density at radius 3 is 2.90 bits per heavy atom. The van der Waals surface area contributed by atoms with Crippen molar-refractivity contribution in [1.82, 2.24) is 15.1 Å². The highest BCUT2D eigenvalue weighted by molar-refractivity contribution is 5.77. The van der Waals surface area contributed by atoms with Crippen molar-refractivity contribution in [2.45, 2.75) is 71.1 Å². The highest BCUT2D eigenvalue weighted by atomic mass is 16.5. The lowest BCUT2D eigenvalue weighted by Crippen LogP contribution is -2.33. The van der Waals surface area contributed by atoms with Gasteiger partial charge in [-0.15, -0.1) is 0 Å². The van der Waals surface area contributed by atoms with Crippen molar-refractivity contribution < 1.29 is 9.53 Å². The second-order valence-corrected chi connectivity index (χ2v) is 6.24. The second kappa shape index (κ2) is 6.18. The number of nitrogens with zero attached hydrogens (tertiary/aromatic N) is 2. The predicted molar refractivity (Wildman–Crippen MR) is 80.0 cm³/mol. The van der Waals surface area contributed by atoms with Gasteiger partial charge in [0.05, 0.1) is 17.8 Å². The van der Waals surface area contributed by atoms with Crippen molar-refractivity contribution in [3.63, 3.8) is 0 Å². The molecule has 0 aromatic carbocycles. The van der Waals surface area contributed by atoms with Gasteiger partial charge in [-0.05, 0) is 46.0 Å². The summed E-state index contributed by atoms with van der Waals surface area (Å²) in [5, 5.41) is 7.79. The second-order valence-electron chi connectivity index (χ2n) is 6.24. The van der Waals surface area contributed by atoms with Crippen molar-refractivity contribution in [3.8, 4) is 0 Å². The van der Waals surface area contributed by atoms with Crippen LogP contribution in [0.5, 0.6) is 0 Å². The Bertz CT molecular complexity index is 518. The minimum absolute atomic E-state index is 0.141. The summed E-state index contributed by atoms with van der Waals surface area (Å²) in [5.74, 6) is 0.164. The molecule has 1 N–H and O–H groups in total. The summed E-state index contributed by atoms with van der Waals surface area (Å²) < 4.78 is 7.77. The number of hydrogen-bond donors (Lipinski definition) is 1. The van der Waals surface area contributed by atoms with Crippen LogP contribution in [0, 0.1) is 13.8 Å². The number of ether oxygens (including phenoxy) is 1. The first-order valence-corrected chi connectivity index (χ1v) is 8.10. The van der Waals surface area contributed by atoms with Gasteiger partial charge in [0.1, 0.15) is 0 Å². The fourth-order valence-electron chi connectivity index (χ4n) is 3.59. The van der Waals surface area contributed by atoms with E-state index >= 15 is 0 Å². The first-order chi connectivity index (χ1) is 10.1. The molecule has 0 saturated carbocycles. The van der Waals surface area contributed by atoms with E-state index in [1.165, 1.54) is 24.1 Å². The summed E-state index contributed by atoms with van der Waals surface area (Å²) in [5.41, 5.74) is 3.46. The average Bonchev–Trinajstić information content (AvgIpc) is 3.05. The van der Waals surface area contributed by atoms with Crippen LogP contribution in [-0.4, -0.2) is 28.4 Å². The molecular weight excluding hydrogens is 266 g/mol. The van der Waals surface area contributed by atoms with Crippen molar-refractivity contribution in [2.24, 2.45) is 0 Å². The van der Waals surface area contributed by atoms with Crippen LogP contribution >= 0.6 is 0 Å². The normalized spacial score (nSPS) is 26.1. The molecule has 0 aliphatic carbocycles. The lowest BCUT2D eigenvalue weighted by molar-refractivity contribution is -0.123. The molecule has 2 fully saturated rings. The molecule has 2 atom stereocenters. The number of hydrogen-bond acceptors (Lipinski definition) is 3. The summed E-state index contributed by atoms with van der Waals surface area (Å²) in [6.45, 7) is 5.97. The molecule has 1 amide bonds. The van der Waals surface area contributed by atoms with Gasteiger partial charge in [0.25, 0.3) is 0 Å². The van der Waals surface area contributed by atoms with Gasteiger partial charge >= 0.3 is 0 Å². The SMILES string of the molecule is Cc1nn(CC[C@@H]2CCCO2)c(C)c1[C@H]1CCCC(=O)N1. The number of nitrogens with one attached hydrogen (secondary N) is 1. The molecule has 0 unspecified atom stereocenters. The van der Waals surface area contributed by atoms with Crippen LogP contribution in [0.4, 0.5) is 0 Å². The zero-order valence-electron chi connectivity index (χ0n) is 13.0. The third-order valence-corrected chi connectivity index (χ3v) is 4.70. The van der Waals surface area contributed by atoms with Gasteiger partial charge in [-0.3, -0.25) is 9.48 Å². The Balaban J connectivity index is 1.71. The zero-order chi connectivity index (χ0) is 14.8. The number of carbonyl (C=O) groups is 1. The minimum Gasteiger partial charge on any atom is -0.378 e. The molecule has 5 nitrogen and oxygen atoms in total. The van der Waals surface area contributed by atoms with Crippen molar-refractivity contribution in [2.75, 3.05) is 6.61 Å². The highest BCUT2D eigenvalue weighted by Gasteiger charge is 2.26.